The van der Waals surface area contributed by atoms with Gasteiger partial charge in [0, 0.05) is 19.4 Å². The summed E-state index contributed by atoms with van der Waals surface area (Å²) in [5.74, 6) is -0.542. The fourth-order valence-corrected chi connectivity index (χ4v) is 3.53. The average Bonchev–Trinajstić information content (AvgIpc) is 2.70. The number of carbonyl (C=O) groups is 2. The second-order valence-corrected chi connectivity index (χ2v) is 8.38. The van der Waals surface area contributed by atoms with E-state index in [0.29, 0.717) is 12.8 Å². The number of rotatable bonds is 23. The lowest BCUT2D eigenvalue weighted by atomic mass is 10.0. The fraction of sp³-hybridized carbons (Fsp3) is 0.917. The number of hydrogen-bond donors (Lipinski definition) is 3. The minimum absolute atomic E-state index is 0.124. The maximum absolute atomic E-state index is 11.6. The van der Waals surface area contributed by atoms with Gasteiger partial charge < -0.3 is 5.11 Å². The van der Waals surface area contributed by atoms with Crippen molar-refractivity contribution < 1.29 is 14.7 Å². The Morgan fingerprint density at radius 1 is 0.586 bits per heavy atom. The van der Waals surface area contributed by atoms with Crippen molar-refractivity contribution in [3.63, 3.8) is 0 Å². The highest BCUT2D eigenvalue weighted by atomic mass is 16.4. The summed E-state index contributed by atoms with van der Waals surface area (Å²) < 4.78 is 0. The summed E-state index contributed by atoms with van der Waals surface area (Å²) in [6, 6.07) is 0. The lowest BCUT2D eigenvalue weighted by Crippen LogP contribution is -2.37. The van der Waals surface area contributed by atoms with Gasteiger partial charge in [-0.15, -0.1) is 0 Å². The van der Waals surface area contributed by atoms with Crippen LogP contribution in [0.1, 0.15) is 135 Å². The molecule has 0 aromatic carbocycles. The Morgan fingerprint density at radius 3 is 1.34 bits per heavy atom. The van der Waals surface area contributed by atoms with E-state index in [9.17, 15) is 9.59 Å². The minimum atomic E-state index is -0.666. The Labute approximate surface area is 179 Å². The number of aliphatic carboxylic acids is 1. The van der Waals surface area contributed by atoms with E-state index < -0.39 is 5.97 Å². The number of nitrogens with one attached hydrogen (secondary N) is 2. The van der Waals surface area contributed by atoms with E-state index in [-0.39, 0.29) is 5.91 Å². The van der Waals surface area contributed by atoms with Crippen molar-refractivity contribution in [1.82, 2.24) is 10.9 Å². The molecule has 0 aromatic rings. The minimum Gasteiger partial charge on any atom is -0.481 e. The van der Waals surface area contributed by atoms with E-state index in [0.717, 1.165) is 38.6 Å². The van der Waals surface area contributed by atoms with Crippen LogP contribution in [0.2, 0.25) is 0 Å². The van der Waals surface area contributed by atoms with Gasteiger partial charge in [-0.1, -0.05) is 103 Å². The first kappa shape index (κ1) is 27.9. The zero-order valence-corrected chi connectivity index (χ0v) is 19.1. The van der Waals surface area contributed by atoms with Gasteiger partial charge in [-0.05, 0) is 19.3 Å². The molecule has 0 rings (SSSR count). The van der Waals surface area contributed by atoms with Crippen LogP contribution in [0.5, 0.6) is 0 Å². The van der Waals surface area contributed by atoms with Crippen LogP contribution in [-0.2, 0) is 9.59 Å². The van der Waals surface area contributed by atoms with E-state index in [1.807, 2.05) is 0 Å². The van der Waals surface area contributed by atoms with Crippen LogP contribution in [0, 0.1) is 0 Å². The van der Waals surface area contributed by atoms with E-state index in [4.69, 9.17) is 5.11 Å². The van der Waals surface area contributed by atoms with Crippen molar-refractivity contribution in [2.24, 2.45) is 0 Å². The fourth-order valence-electron chi connectivity index (χ4n) is 3.53. The Bertz CT molecular complexity index is 375. The lowest BCUT2D eigenvalue weighted by Gasteiger charge is -2.06. The van der Waals surface area contributed by atoms with Crippen molar-refractivity contribution in [2.75, 3.05) is 6.54 Å². The summed E-state index contributed by atoms with van der Waals surface area (Å²) in [7, 11) is 0. The molecule has 0 saturated carbocycles. The van der Waals surface area contributed by atoms with Gasteiger partial charge in [0.1, 0.15) is 0 Å². The third-order valence-electron chi connectivity index (χ3n) is 5.43. The van der Waals surface area contributed by atoms with E-state index in [1.165, 1.54) is 83.5 Å². The van der Waals surface area contributed by atoms with E-state index in [2.05, 4.69) is 17.8 Å². The van der Waals surface area contributed by atoms with Gasteiger partial charge in [-0.25, -0.2) is 5.43 Å². The molecule has 0 heterocycles. The van der Waals surface area contributed by atoms with Crippen molar-refractivity contribution in [3.05, 3.63) is 0 Å². The first-order chi connectivity index (χ1) is 14.2. The monoisotopic (exact) mass is 412 g/mol. The molecule has 0 unspecified atom stereocenters. The number of hydrazine groups is 1. The Hall–Kier alpha value is -1.10. The normalized spacial score (nSPS) is 10.9. The predicted molar refractivity (Wildman–Crippen MR) is 122 cm³/mol. The molecule has 172 valence electrons. The predicted octanol–water partition coefficient (Wildman–Crippen LogP) is 6.51. The first-order valence-corrected chi connectivity index (χ1v) is 12.4. The van der Waals surface area contributed by atoms with Crippen molar-refractivity contribution in [1.29, 1.82) is 0 Å². The molecular formula is C24H48N2O3. The van der Waals surface area contributed by atoms with Crippen LogP contribution < -0.4 is 10.9 Å². The average molecular weight is 413 g/mol. The Morgan fingerprint density at radius 2 is 0.966 bits per heavy atom. The molecule has 0 saturated heterocycles. The van der Waals surface area contributed by atoms with E-state index in [1.54, 1.807) is 0 Å². The molecule has 5 heteroatoms. The standard InChI is InChI=1S/C24H48N2O3/c1-2-3-22-25-26-23(27)20-18-16-14-12-10-8-6-4-5-7-9-11-13-15-17-19-21-24(28)29/h25H,2-22H2,1H3,(H,26,27)(H,28,29). The highest BCUT2D eigenvalue weighted by molar-refractivity contribution is 5.75. The van der Waals surface area contributed by atoms with Gasteiger partial charge in [-0.3, -0.25) is 15.0 Å². The summed E-state index contributed by atoms with van der Waals surface area (Å²) >= 11 is 0. The van der Waals surface area contributed by atoms with E-state index >= 15 is 0 Å². The highest BCUT2D eigenvalue weighted by Crippen LogP contribution is 2.14. The second kappa shape index (κ2) is 23.2. The molecule has 0 fully saturated rings. The third kappa shape index (κ3) is 24.9. The van der Waals surface area contributed by atoms with Gasteiger partial charge in [-0.2, -0.15) is 0 Å². The second-order valence-electron chi connectivity index (χ2n) is 8.38. The number of unbranched alkanes of at least 4 members (excludes halogenated alkanes) is 16. The maximum atomic E-state index is 11.6. The maximum Gasteiger partial charge on any atom is 0.303 e. The molecule has 0 aromatic heterocycles. The van der Waals surface area contributed by atoms with Crippen LogP contribution in [0.15, 0.2) is 0 Å². The topological polar surface area (TPSA) is 78.4 Å². The zero-order chi connectivity index (χ0) is 21.4. The molecule has 0 bridgehead atoms. The molecular weight excluding hydrogens is 364 g/mol. The molecule has 0 aliphatic heterocycles. The van der Waals surface area contributed by atoms with Crippen LogP contribution in [0.25, 0.3) is 0 Å². The molecule has 29 heavy (non-hydrogen) atoms. The molecule has 5 nitrogen and oxygen atoms in total. The molecule has 0 radical (unpaired) electrons. The quantitative estimate of drug-likeness (QED) is 0.132. The first-order valence-electron chi connectivity index (χ1n) is 12.4. The van der Waals surface area contributed by atoms with Crippen molar-refractivity contribution in [2.45, 2.75) is 135 Å². The Balaban J connectivity index is 3.10. The zero-order valence-electron chi connectivity index (χ0n) is 19.1. The number of carboxylic acid groups (broad SMARTS) is 1. The summed E-state index contributed by atoms with van der Waals surface area (Å²) in [6.07, 6.45) is 23.0. The smallest absolute Gasteiger partial charge is 0.303 e. The SMILES string of the molecule is CCCCNNC(=O)CCCCCCCCCCCCCCCCCCC(=O)O. The van der Waals surface area contributed by atoms with Crippen molar-refractivity contribution in [3.8, 4) is 0 Å². The third-order valence-corrected chi connectivity index (χ3v) is 5.43. The van der Waals surface area contributed by atoms with Gasteiger partial charge in [0.2, 0.25) is 5.91 Å². The van der Waals surface area contributed by atoms with Crippen LogP contribution in [0.3, 0.4) is 0 Å². The van der Waals surface area contributed by atoms with Gasteiger partial charge in [0.25, 0.3) is 0 Å². The van der Waals surface area contributed by atoms with Crippen LogP contribution >= 0.6 is 0 Å². The Kier molecular flexibility index (Phi) is 22.3. The molecule has 0 aliphatic rings. The summed E-state index contributed by atoms with van der Waals surface area (Å²) in [4.78, 5) is 22.0. The highest BCUT2D eigenvalue weighted by Gasteiger charge is 2.00. The lowest BCUT2D eigenvalue weighted by molar-refractivity contribution is -0.137. The van der Waals surface area contributed by atoms with Crippen LogP contribution in [-0.4, -0.2) is 23.5 Å². The number of carbonyl (C=O) groups excluding carboxylic acids is 1. The number of amides is 1. The molecule has 0 aliphatic carbocycles. The number of carboxylic acids is 1. The van der Waals surface area contributed by atoms with Gasteiger partial charge in [0.05, 0.1) is 0 Å². The van der Waals surface area contributed by atoms with Gasteiger partial charge in [0.15, 0.2) is 0 Å². The van der Waals surface area contributed by atoms with Crippen LogP contribution in [0.4, 0.5) is 0 Å². The largest absolute Gasteiger partial charge is 0.481 e. The summed E-state index contributed by atoms with van der Waals surface area (Å²) in [5, 5.41) is 8.58. The molecule has 3 N–H and O–H groups in total. The summed E-state index contributed by atoms with van der Waals surface area (Å²) in [5.41, 5.74) is 5.75. The number of hydrogen-bond acceptors (Lipinski definition) is 3. The molecule has 0 atom stereocenters. The summed E-state index contributed by atoms with van der Waals surface area (Å²) in [6.45, 7) is 3.00. The van der Waals surface area contributed by atoms with Crippen molar-refractivity contribution >= 4 is 11.9 Å². The molecule has 1 amide bonds. The van der Waals surface area contributed by atoms with Gasteiger partial charge >= 0.3 is 5.97 Å². The molecule has 0 spiro atoms.